The Morgan fingerprint density at radius 3 is 2.75 bits per heavy atom. The zero-order valence-corrected chi connectivity index (χ0v) is 10.1. The number of hydrogen-bond donors (Lipinski definition) is 0. The number of rotatable bonds is 5. The summed E-state index contributed by atoms with van der Waals surface area (Å²) in [7, 11) is 1.48. The molecular formula is C12H14ClFO2. The molecule has 0 fully saturated rings. The van der Waals surface area contributed by atoms with Gasteiger partial charge in [0.15, 0.2) is 5.78 Å². The van der Waals surface area contributed by atoms with Crippen molar-refractivity contribution in [1.82, 2.24) is 0 Å². The molecule has 0 heterocycles. The van der Waals surface area contributed by atoms with Crippen molar-refractivity contribution >= 4 is 17.4 Å². The fraction of sp³-hybridized carbons (Fsp3) is 0.417. The van der Waals surface area contributed by atoms with Gasteiger partial charge in [0, 0.05) is 18.6 Å². The molecule has 0 radical (unpaired) electrons. The van der Waals surface area contributed by atoms with Gasteiger partial charge in [-0.1, -0.05) is 24.6 Å². The first-order valence-electron chi connectivity index (χ1n) is 5.08. The Kier molecular flexibility index (Phi) is 4.90. The first-order chi connectivity index (χ1) is 7.58. The second kappa shape index (κ2) is 5.97. The summed E-state index contributed by atoms with van der Waals surface area (Å²) in [6.07, 6.45) is 0.162. The van der Waals surface area contributed by atoms with Gasteiger partial charge < -0.3 is 4.74 Å². The molecule has 1 aromatic rings. The molecule has 0 bridgehead atoms. The van der Waals surface area contributed by atoms with Gasteiger partial charge in [-0.25, -0.2) is 4.39 Å². The van der Waals surface area contributed by atoms with Crippen molar-refractivity contribution in [1.29, 1.82) is 0 Å². The monoisotopic (exact) mass is 244 g/mol. The van der Waals surface area contributed by atoms with Crippen LogP contribution in [0, 0.1) is 5.82 Å². The van der Waals surface area contributed by atoms with Gasteiger partial charge in [0.2, 0.25) is 0 Å². The lowest BCUT2D eigenvalue weighted by Crippen LogP contribution is -2.24. The lowest BCUT2D eigenvalue weighted by Gasteiger charge is -2.11. The molecule has 0 spiro atoms. The normalized spacial score (nSPS) is 12.5. The van der Waals surface area contributed by atoms with Crippen LogP contribution in [0.4, 0.5) is 4.39 Å². The van der Waals surface area contributed by atoms with Crippen molar-refractivity contribution in [3.8, 4) is 0 Å². The minimum atomic E-state index is -0.463. The highest BCUT2D eigenvalue weighted by Gasteiger charge is 2.17. The van der Waals surface area contributed by atoms with E-state index in [-0.39, 0.29) is 12.2 Å². The fourth-order valence-electron chi connectivity index (χ4n) is 1.49. The van der Waals surface area contributed by atoms with Crippen LogP contribution in [0.3, 0.4) is 0 Å². The predicted octanol–water partition coefficient (Wildman–Crippen LogP) is 3.02. The maximum absolute atomic E-state index is 13.4. The molecule has 1 atom stereocenters. The molecule has 4 heteroatoms. The molecule has 16 heavy (non-hydrogen) atoms. The van der Waals surface area contributed by atoms with E-state index in [1.165, 1.54) is 19.2 Å². The van der Waals surface area contributed by atoms with Crippen molar-refractivity contribution in [3.05, 3.63) is 34.6 Å². The van der Waals surface area contributed by atoms with Crippen molar-refractivity contribution in [3.63, 3.8) is 0 Å². The van der Waals surface area contributed by atoms with E-state index in [2.05, 4.69) is 0 Å². The Morgan fingerprint density at radius 2 is 2.25 bits per heavy atom. The van der Waals surface area contributed by atoms with E-state index in [0.717, 1.165) is 0 Å². The maximum atomic E-state index is 13.4. The third-order valence-electron chi connectivity index (χ3n) is 2.39. The summed E-state index contributed by atoms with van der Waals surface area (Å²) in [5.74, 6) is -0.571. The number of methoxy groups -OCH3 is 1. The minimum absolute atomic E-state index is 0.0371. The van der Waals surface area contributed by atoms with E-state index in [9.17, 15) is 9.18 Å². The van der Waals surface area contributed by atoms with E-state index < -0.39 is 11.9 Å². The summed E-state index contributed by atoms with van der Waals surface area (Å²) in [4.78, 5) is 11.7. The number of ketones is 1. The van der Waals surface area contributed by atoms with Gasteiger partial charge in [0.1, 0.15) is 11.9 Å². The quantitative estimate of drug-likeness (QED) is 0.796. The molecule has 0 aliphatic heterocycles. The first kappa shape index (κ1) is 13.1. The van der Waals surface area contributed by atoms with Gasteiger partial charge in [-0.05, 0) is 24.1 Å². The summed E-state index contributed by atoms with van der Waals surface area (Å²) >= 11 is 5.62. The number of benzene rings is 1. The highest BCUT2D eigenvalue weighted by atomic mass is 35.5. The number of carbonyl (C=O) groups excluding carboxylic acids is 1. The smallest absolute Gasteiger partial charge is 0.165 e. The Labute approximate surface area is 99.4 Å². The van der Waals surface area contributed by atoms with Crippen molar-refractivity contribution < 1.29 is 13.9 Å². The van der Waals surface area contributed by atoms with Crippen LogP contribution >= 0.6 is 11.6 Å². The lowest BCUT2D eigenvalue weighted by molar-refractivity contribution is -0.128. The molecule has 1 rings (SSSR count). The number of ether oxygens (including phenoxy) is 1. The van der Waals surface area contributed by atoms with Crippen LogP contribution in [0.1, 0.15) is 18.9 Å². The average Bonchev–Trinajstić information content (AvgIpc) is 2.24. The SMILES string of the molecule is CCC(OC)C(=O)Cc1ccc(Cl)cc1F. The van der Waals surface area contributed by atoms with Crippen LogP contribution in [0.25, 0.3) is 0 Å². The van der Waals surface area contributed by atoms with E-state index in [1.54, 1.807) is 6.07 Å². The zero-order valence-electron chi connectivity index (χ0n) is 9.30. The Bertz CT molecular complexity index is 375. The van der Waals surface area contributed by atoms with Crippen LogP contribution in [-0.4, -0.2) is 19.0 Å². The van der Waals surface area contributed by atoms with Gasteiger partial charge >= 0.3 is 0 Å². The zero-order chi connectivity index (χ0) is 12.1. The van der Waals surface area contributed by atoms with Crippen LogP contribution < -0.4 is 0 Å². The van der Waals surface area contributed by atoms with Gasteiger partial charge in [0.25, 0.3) is 0 Å². The molecule has 0 saturated carbocycles. The molecule has 88 valence electrons. The highest BCUT2D eigenvalue weighted by molar-refractivity contribution is 6.30. The fourth-order valence-corrected chi connectivity index (χ4v) is 1.65. The standard InChI is InChI=1S/C12H14ClFO2/c1-3-12(16-2)11(15)6-8-4-5-9(13)7-10(8)14/h4-5,7,12H,3,6H2,1-2H3. The number of Topliss-reactive ketones (excluding diaryl/α,β-unsaturated/α-hetero) is 1. The highest BCUT2D eigenvalue weighted by Crippen LogP contribution is 2.16. The predicted molar refractivity (Wildman–Crippen MR) is 61.2 cm³/mol. The average molecular weight is 245 g/mol. The molecule has 0 amide bonds. The van der Waals surface area contributed by atoms with E-state index in [1.807, 2.05) is 6.92 Å². The summed E-state index contributed by atoms with van der Waals surface area (Å²) in [5.41, 5.74) is 0.352. The van der Waals surface area contributed by atoms with Crippen molar-refractivity contribution in [2.45, 2.75) is 25.9 Å². The third-order valence-corrected chi connectivity index (χ3v) is 2.63. The molecule has 1 aromatic carbocycles. The van der Waals surface area contributed by atoms with E-state index >= 15 is 0 Å². The number of halogens is 2. The van der Waals surface area contributed by atoms with Gasteiger partial charge in [-0.3, -0.25) is 4.79 Å². The van der Waals surface area contributed by atoms with E-state index in [0.29, 0.717) is 17.0 Å². The number of hydrogen-bond acceptors (Lipinski definition) is 2. The third kappa shape index (κ3) is 3.29. The summed E-state index contributed by atoms with van der Waals surface area (Å²) < 4.78 is 18.4. The molecule has 1 unspecified atom stereocenters. The minimum Gasteiger partial charge on any atom is -0.374 e. The Hall–Kier alpha value is -0.930. The maximum Gasteiger partial charge on any atom is 0.165 e. The molecule has 2 nitrogen and oxygen atoms in total. The largest absolute Gasteiger partial charge is 0.374 e. The summed E-state index contributed by atoms with van der Waals surface area (Å²) in [6.45, 7) is 1.85. The van der Waals surface area contributed by atoms with Crippen molar-refractivity contribution in [2.75, 3.05) is 7.11 Å². The molecule has 0 aliphatic rings. The van der Waals surface area contributed by atoms with E-state index in [4.69, 9.17) is 16.3 Å². The summed E-state index contributed by atoms with van der Waals surface area (Å²) in [6, 6.07) is 4.30. The van der Waals surface area contributed by atoms with Gasteiger partial charge in [0.05, 0.1) is 0 Å². The topological polar surface area (TPSA) is 26.3 Å². The first-order valence-corrected chi connectivity index (χ1v) is 5.45. The van der Waals surface area contributed by atoms with Gasteiger partial charge in [-0.2, -0.15) is 0 Å². The molecule has 0 aliphatic carbocycles. The summed E-state index contributed by atoms with van der Waals surface area (Å²) in [5, 5.41) is 0.326. The second-order valence-corrected chi connectivity index (χ2v) is 3.95. The lowest BCUT2D eigenvalue weighted by atomic mass is 10.0. The Balaban J connectivity index is 2.76. The van der Waals surface area contributed by atoms with Crippen LogP contribution in [-0.2, 0) is 16.0 Å². The second-order valence-electron chi connectivity index (χ2n) is 3.51. The molecular weight excluding hydrogens is 231 g/mol. The number of carbonyl (C=O) groups is 1. The Morgan fingerprint density at radius 1 is 1.56 bits per heavy atom. The molecule has 0 aromatic heterocycles. The van der Waals surface area contributed by atoms with Crippen LogP contribution in [0.2, 0.25) is 5.02 Å². The van der Waals surface area contributed by atoms with Crippen LogP contribution in [0.15, 0.2) is 18.2 Å². The van der Waals surface area contributed by atoms with Gasteiger partial charge in [-0.15, -0.1) is 0 Å². The van der Waals surface area contributed by atoms with Crippen molar-refractivity contribution in [2.24, 2.45) is 0 Å². The molecule has 0 N–H and O–H groups in total. The van der Waals surface area contributed by atoms with Crippen LogP contribution in [0.5, 0.6) is 0 Å². The molecule has 0 saturated heterocycles.